The third kappa shape index (κ3) is 8.39. The van der Waals surface area contributed by atoms with E-state index in [2.05, 4.69) is 52.5 Å². The van der Waals surface area contributed by atoms with Crippen LogP contribution >= 0.6 is 11.6 Å². The van der Waals surface area contributed by atoms with Crippen LogP contribution in [0.5, 0.6) is 5.75 Å². The number of rotatable bonds is 13. The summed E-state index contributed by atoms with van der Waals surface area (Å²) in [5, 5.41) is 6.94. The molecule has 0 radical (unpaired) electrons. The summed E-state index contributed by atoms with van der Waals surface area (Å²) in [6.07, 6.45) is 5.42. The van der Waals surface area contributed by atoms with Crippen LogP contribution in [0.2, 0.25) is 5.02 Å². The van der Waals surface area contributed by atoms with Gasteiger partial charge in [0.1, 0.15) is 5.75 Å². The van der Waals surface area contributed by atoms with Crippen LogP contribution in [0.1, 0.15) is 76.3 Å². The van der Waals surface area contributed by atoms with Crippen LogP contribution in [0.15, 0.2) is 36.4 Å². The third-order valence-electron chi connectivity index (χ3n) is 8.44. The van der Waals surface area contributed by atoms with Gasteiger partial charge in [0.2, 0.25) is 11.8 Å². The molecular formula is C33H47ClN4O3. The number of carbonyl (C=O) groups is 2. The molecule has 1 fully saturated rings. The number of aryl methyl sites for hydroxylation is 1. The Labute approximate surface area is 250 Å². The average molecular weight is 583 g/mol. The van der Waals surface area contributed by atoms with E-state index in [1.54, 1.807) is 0 Å². The molecule has 8 heteroatoms. The Morgan fingerprint density at radius 2 is 1.90 bits per heavy atom. The summed E-state index contributed by atoms with van der Waals surface area (Å²) in [6, 6.07) is 12.2. The Kier molecular flexibility index (Phi) is 11.0. The third-order valence-corrected chi connectivity index (χ3v) is 8.93. The molecule has 0 bridgehead atoms. The minimum Gasteiger partial charge on any atom is -0.494 e. The Morgan fingerprint density at radius 1 is 1.12 bits per heavy atom. The fraction of sp³-hybridized carbons (Fsp3) is 0.576. The number of anilines is 2. The lowest BCUT2D eigenvalue weighted by molar-refractivity contribution is -0.130. The van der Waals surface area contributed by atoms with Crippen LogP contribution in [0.25, 0.3) is 0 Å². The first-order valence-corrected chi connectivity index (χ1v) is 15.6. The van der Waals surface area contributed by atoms with Gasteiger partial charge in [-0.25, -0.2) is 0 Å². The molecule has 0 aromatic heterocycles. The molecule has 2 heterocycles. The largest absolute Gasteiger partial charge is 0.494 e. The maximum Gasteiger partial charge on any atom is 0.225 e. The lowest BCUT2D eigenvalue weighted by Gasteiger charge is -2.36. The molecule has 7 nitrogen and oxygen atoms in total. The number of hydrogen-bond acceptors (Lipinski definition) is 5. The Morgan fingerprint density at radius 3 is 2.66 bits per heavy atom. The van der Waals surface area contributed by atoms with Gasteiger partial charge in [-0.15, -0.1) is 0 Å². The molecule has 2 aliphatic rings. The van der Waals surface area contributed by atoms with E-state index < -0.39 is 5.41 Å². The van der Waals surface area contributed by atoms with Gasteiger partial charge in [0.25, 0.3) is 0 Å². The number of hydrogen-bond donors (Lipinski definition) is 2. The monoisotopic (exact) mass is 582 g/mol. The van der Waals surface area contributed by atoms with Crippen LogP contribution < -0.4 is 20.3 Å². The van der Waals surface area contributed by atoms with Gasteiger partial charge in [-0.05, 0) is 62.4 Å². The van der Waals surface area contributed by atoms with Crippen molar-refractivity contribution >= 4 is 34.8 Å². The highest BCUT2D eigenvalue weighted by atomic mass is 35.5. The first kappa shape index (κ1) is 31.2. The molecule has 2 amide bonds. The summed E-state index contributed by atoms with van der Waals surface area (Å²) in [5.74, 6) is 0.749. The van der Waals surface area contributed by atoms with E-state index in [-0.39, 0.29) is 17.7 Å². The number of ether oxygens (including phenoxy) is 1. The van der Waals surface area contributed by atoms with Crippen molar-refractivity contribution in [1.82, 2.24) is 10.2 Å². The molecule has 1 saturated heterocycles. The van der Waals surface area contributed by atoms with E-state index in [0.29, 0.717) is 19.6 Å². The Bertz CT molecular complexity index is 1190. The highest BCUT2D eigenvalue weighted by Gasteiger charge is 2.30. The lowest BCUT2D eigenvalue weighted by Crippen LogP contribution is -2.46. The fourth-order valence-corrected chi connectivity index (χ4v) is 6.14. The van der Waals surface area contributed by atoms with Gasteiger partial charge in [-0.3, -0.25) is 14.5 Å². The highest BCUT2D eigenvalue weighted by Crippen LogP contribution is 2.35. The van der Waals surface area contributed by atoms with E-state index in [9.17, 15) is 9.59 Å². The number of halogens is 1. The molecule has 2 aromatic rings. The zero-order valence-electron chi connectivity index (χ0n) is 25.2. The summed E-state index contributed by atoms with van der Waals surface area (Å²) in [6.45, 7) is 14.4. The Balaban J connectivity index is 1.16. The molecule has 224 valence electrons. The number of carbonyl (C=O) groups excluding carboxylic acids is 2. The van der Waals surface area contributed by atoms with Crippen molar-refractivity contribution in [1.29, 1.82) is 0 Å². The second-order valence-electron chi connectivity index (χ2n) is 12.2. The normalized spacial score (nSPS) is 17.6. The fourth-order valence-electron chi connectivity index (χ4n) is 5.89. The zero-order chi connectivity index (χ0) is 29.4. The Hall–Kier alpha value is -2.77. The maximum atomic E-state index is 12.7. The van der Waals surface area contributed by atoms with Gasteiger partial charge in [0, 0.05) is 62.2 Å². The van der Waals surface area contributed by atoms with Crippen molar-refractivity contribution in [3.63, 3.8) is 0 Å². The van der Waals surface area contributed by atoms with Crippen LogP contribution in [-0.4, -0.2) is 62.6 Å². The molecule has 0 saturated carbocycles. The summed E-state index contributed by atoms with van der Waals surface area (Å²) in [5.41, 5.74) is 3.72. The van der Waals surface area contributed by atoms with E-state index in [1.807, 2.05) is 32.0 Å². The second-order valence-corrected chi connectivity index (χ2v) is 12.6. The van der Waals surface area contributed by atoms with Crippen molar-refractivity contribution in [2.45, 2.75) is 72.1 Å². The summed E-state index contributed by atoms with van der Waals surface area (Å²) >= 11 is 6.53. The highest BCUT2D eigenvalue weighted by molar-refractivity contribution is 6.34. The second kappa shape index (κ2) is 14.4. The van der Waals surface area contributed by atoms with Crippen LogP contribution in [0.4, 0.5) is 11.4 Å². The van der Waals surface area contributed by atoms with E-state index in [4.69, 9.17) is 16.3 Å². The molecule has 1 unspecified atom stereocenters. The summed E-state index contributed by atoms with van der Waals surface area (Å²) in [7, 11) is 0. The number of nitrogens with zero attached hydrogens (tertiary/aromatic N) is 2. The SMILES string of the molecule is CCCC(C)(C)C(=O)NCC1CC(=O)Nc2cc(OCCCCCN3CCN(c4cccc(C)c4Cl)CC3)ccc21. The topological polar surface area (TPSA) is 73.9 Å². The number of amides is 2. The summed E-state index contributed by atoms with van der Waals surface area (Å²) in [4.78, 5) is 30.0. The zero-order valence-corrected chi connectivity index (χ0v) is 26.0. The van der Waals surface area contributed by atoms with E-state index in [0.717, 1.165) is 98.1 Å². The van der Waals surface area contributed by atoms with Crippen molar-refractivity contribution in [2.24, 2.45) is 5.41 Å². The van der Waals surface area contributed by atoms with Crippen molar-refractivity contribution < 1.29 is 14.3 Å². The average Bonchev–Trinajstić information content (AvgIpc) is 2.95. The van der Waals surface area contributed by atoms with Gasteiger partial charge in [0.15, 0.2) is 0 Å². The molecule has 2 aliphatic heterocycles. The van der Waals surface area contributed by atoms with Crippen molar-refractivity contribution in [3.8, 4) is 5.75 Å². The van der Waals surface area contributed by atoms with Gasteiger partial charge in [-0.2, -0.15) is 0 Å². The van der Waals surface area contributed by atoms with Crippen LogP contribution in [-0.2, 0) is 9.59 Å². The van der Waals surface area contributed by atoms with Gasteiger partial charge in [-0.1, -0.05) is 57.0 Å². The number of unbranched alkanes of at least 4 members (excludes halogenated alkanes) is 2. The van der Waals surface area contributed by atoms with Gasteiger partial charge in [0.05, 0.1) is 17.3 Å². The van der Waals surface area contributed by atoms with Crippen LogP contribution in [0, 0.1) is 12.3 Å². The van der Waals surface area contributed by atoms with E-state index >= 15 is 0 Å². The first-order valence-electron chi connectivity index (χ1n) is 15.2. The molecule has 2 N–H and O–H groups in total. The molecular weight excluding hydrogens is 536 g/mol. The van der Waals surface area contributed by atoms with Crippen LogP contribution in [0.3, 0.4) is 0 Å². The molecule has 41 heavy (non-hydrogen) atoms. The number of nitrogens with one attached hydrogen (secondary N) is 2. The predicted molar refractivity (Wildman–Crippen MR) is 168 cm³/mol. The standard InChI is InChI=1S/C33H47ClN4O3/c1-5-14-33(3,4)32(40)35-23-25-21-30(39)36-28-22-26(12-13-27(25)28)41-20-8-6-7-15-37-16-18-38(19-17-37)29-11-9-10-24(2)31(29)34/h9-13,22,25H,5-8,14-21,23H2,1-4H3,(H,35,40)(H,36,39). The molecule has 0 aliphatic carbocycles. The molecule has 2 aromatic carbocycles. The maximum absolute atomic E-state index is 12.7. The van der Waals surface area contributed by atoms with E-state index in [1.165, 1.54) is 0 Å². The number of fused-ring (bicyclic) bond motifs is 1. The van der Waals surface area contributed by atoms with Gasteiger partial charge < -0.3 is 20.3 Å². The summed E-state index contributed by atoms with van der Waals surface area (Å²) < 4.78 is 6.03. The van der Waals surface area contributed by atoms with Crippen molar-refractivity contribution in [2.75, 3.05) is 56.1 Å². The predicted octanol–water partition coefficient (Wildman–Crippen LogP) is 6.39. The molecule has 4 rings (SSSR count). The van der Waals surface area contributed by atoms with Gasteiger partial charge >= 0.3 is 0 Å². The smallest absolute Gasteiger partial charge is 0.225 e. The minimum atomic E-state index is -0.405. The molecule has 0 spiro atoms. The number of piperazine rings is 1. The minimum absolute atomic E-state index is 0.0236. The van der Waals surface area contributed by atoms with Crippen molar-refractivity contribution in [3.05, 3.63) is 52.5 Å². The lowest BCUT2D eigenvalue weighted by atomic mass is 9.86. The number of benzene rings is 2. The first-order chi connectivity index (χ1) is 19.7. The quantitative estimate of drug-likeness (QED) is 0.268. The molecule has 1 atom stereocenters.